The molecule has 2 aliphatic rings. The highest BCUT2D eigenvalue weighted by atomic mass is 19.1. The number of benzene rings is 1. The van der Waals surface area contributed by atoms with Crippen LogP contribution in [0.1, 0.15) is 90.7 Å². The molecule has 3 aromatic rings. The van der Waals surface area contributed by atoms with Crippen LogP contribution in [-0.2, 0) is 22.7 Å². The first kappa shape index (κ1) is 37.9. The molecule has 0 spiro atoms. The minimum atomic E-state index is -0.999. The maximum absolute atomic E-state index is 15.9. The zero-order chi connectivity index (χ0) is 36.7. The van der Waals surface area contributed by atoms with E-state index in [1.807, 2.05) is 33.0 Å². The molecule has 3 atom stereocenters. The minimum absolute atomic E-state index is 0.00204. The maximum Gasteiger partial charge on any atom is 0.287 e. The van der Waals surface area contributed by atoms with Crippen molar-refractivity contribution in [1.29, 1.82) is 0 Å². The molecule has 276 valence electrons. The normalized spacial score (nSPS) is 17.6. The minimum Gasteiger partial charge on any atom is -0.455 e. The quantitative estimate of drug-likeness (QED) is 0.229. The highest BCUT2D eigenvalue weighted by Crippen LogP contribution is 2.34. The van der Waals surface area contributed by atoms with Gasteiger partial charge in [-0.05, 0) is 82.7 Å². The lowest BCUT2D eigenvalue weighted by molar-refractivity contribution is -0.135. The molecule has 1 aromatic carbocycles. The van der Waals surface area contributed by atoms with E-state index >= 15 is 4.39 Å². The number of furan rings is 1. The van der Waals surface area contributed by atoms with Crippen LogP contribution >= 0.6 is 0 Å². The number of aromatic nitrogens is 2. The van der Waals surface area contributed by atoms with Gasteiger partial charge in [-0.2, -0.15) is 5.10 Å². The van der Waals surface area contributed by atoms with Gasteiger partial charge in [-0.3, -0.25) is 23.9 Å². The number of nitrogens with zero attached hydrogens (tertiary/aromatic N) is 5. The molecule has 0 unspecified atom stereocenters. The first-order valence-corrected chi connectivity index (χ1v) is 18.1. The van der Waals surface area contributed by atoms with Crippen molar-refractivity contribution in [2.45, 2.75) is 77.4 Å². The number of Topliss-reactive ketones (excluding diaryl/α,β-unsaturated/α-hetero) is 1. The molecule has 1 saturated heterocycles. The van der Waals surface area contributed by atoms with Crippen LogP contribution in [-0.4, -0.2) is 101 Å². The fourth-order valence-electron chi connectivity index (χ4n) is 7.20. The van der Waals surface area contributed by atoms with Crippen molar-refractivity contribution < 1.29 is 28.0 Å². The van der Waals surface area contributed by atoms with E-state index in [0.29, 0.717) is 56.3 Å². The van der Waals surface area contributed by atoms with Crippen molar-refractivity contribution in [3.8, 4) is 0 Å². The van der Waals surface area contributed by atoms with Crippen molar-refractivity contribution in [3.63, 3.8) is 0 Å². The van der Waals surface area contributed by atoms with E-state index in [1.54, 1.807) is 47.0 Å². The highest BCUT2D eigenvalue weighted by molar-refractivity contribution is 6.00. The van der Waals surface area contributed by atoms with Gasteiger partial charge in [-0.15, -0.1) is 0 Å². The fraction of sp³-hybridized carbons (Fsp3) is 0.553. The summed E-state index contributed by atoms with van der Waals surface area (Å²) in [6.45, 7) is 7.14. The number of aryl methyl sites for hydroxylation is 1. The number of hydrogen-bond donors (Lipinski definition) is 2. The van der Waals surface area contributed by atoms with E-state index in [0.717, 1.165) is 32.1 Å². The van der Waals surface area contributed by atoms with Crippen molar-refractivity contribution in [3.05, 3.63) is 71.2 Å². The van der Waals surface area contributed by atoms with Gasteiger partial charge in [-0.1, -0.05) is 32.3 Å². The highest BCUT2D eigenvalue weighted by Gasteiger charge is 2.35. The molecule has 13 heteroatoms. The van der Waals surface area contributed by atoms with E-state index < -0.39 is 29.6 Å². The van der Waals surface area contributed by atoms with Gasteiger partial charge in [-0.25, -0.2) is 4.39 Å². The second kappa shape index (κ2) is 17.2. The molecule has 5 rings (SSSR count). The average Bonchev–Trinajstić information content (AvgIpc) is 3.80. The van der Waals surface area contributed by atoms with Crippen molar-refractivity contribution in [2.75, 3.05) is 52.6 Å². The topological polar surface area (TPSA) is 133 Å². The average molecular weight is 706 g/mol. The van der Waals surface area contributed by atoms with Crippen LogP contribution in [0.2, 0.25) is 0 Å². The van der Waals surface area contributed by atoms with E-state index in [-0.39, 0.29) is 41.4 Å². The Morgan fingerprint density at radius 2 is 1.75 bits per heavy atom. The van der Waals surface area contributed by atoms with Gasteiger partial charge >= 0.3 is 0 Å². The lowest BCUT2D eigenvalue weighted by Gasteiger charge is -2.36. The zero-order valence-electron chi connectivity index (χ0n) is 30.5. The number of nitrogens with one attached hydrogen (secondary N) is 2. The van der Waals surface area contributed by atoms with Crippen LogP contribution in [0.15, 0.2) is 47.0 Å². The molecule has 0 radical (unpaired) electrons. The Morgan fingerprint density at radius 3 is 2.41 bits per heavy atom. The number of ketones is 1. The summed E-state index contributed by atoms with van der Waals surface area (Å²) >= 11 is 0. The molecule has 12 nitrogen and oxygen atoms in total. The Bertz CT molecular complexity index is 1670. The van der Waals surface area contributed by atoms with Gasteiger partial charge in [0.15, 0.2) is 11.5 Å². The molecule has 2 fully saturated rings. The third kappa shape index (κ3) is 9.50. The Labute approximate surface area is 299 Å². The Balaban J connectivity index is 1.34. The maximum atomic E-state index is 15.9. The van der Waals surface area contributed by atoms with Crippen molar-refractivity contribution >= 4 is 29.2 Å². The lowest BCUT2D eigenvalue weighted by Crippen LogP contribution is -2.55. The SMILES string of the molecule is CCn1nccc1C(=O)C[C@H](C(=O)Nc1ccc([C@H](C)[C@@H](NC(=O)c2ccc(CN(C)C)o2)C(=O)N2CCN(C)CC2)cc1F)C1CCCCC1. The third-order valence-electron chi connectivity index (χ3n) is 10.3. The number of halogens is 1. The Morgan fingerprint density at radius 1 is 1.02 bits per heavy atom. The molecule has 3 amide bonds. The summed E-state index contributed by atoms with van der Waals surface area (Å²) in [4.78, 5) is 60.3. The van der Waals surface area contributed by atoms with Crippen LogP contribution in [0.3, 0.4) is 0 Å². The van der Waals surface area contributed by atoms with E-state index in [2.05, 4.69) is 20.6 Å². The van der Waals surface area contributed by atoms with Crippen LogP contribution in [0.25, 0.3) is 0 Å². The first-order valence-electron chi connectivity index (χ1n) is 18.1. The van der Waals surface area contributed by atoms with Crippen molar-refractivity contribution in [2.24, 2.45) is 11.8 Å². The molecule has 2 N–H and O–H groups in total. The van der Waals surface area contributed by atoms with Crippen LogP contribution in [0.5, 0.6) is 0 Å². The van der Waals surface area contributed by atoms with Gasteiger partial charge in [0.2, 0.25) is 11.8 Å². The predicted molar refractivity (Wildman–Crippen MR) is 192 cm³/mol. The molecule has 3 heterocycles. The number of carbonyl (C=O) groups is 4. The fourth-order valence-corrected chi connectivity index (χ4v) is 7.20. The van der Waals surface area contributed by atoms with Crippen LogP contribution < -0.4 is 10.6 Å². The summed E-state index contributed by atoms with van der Waals surface area (Å²) in [5.74, 6) is -2.52. The summed E-state index contributed by atoms with van der Waals surface area (Å²) in [5, 5.41) is 9.86. The molecular weight excluding hydrogens is 653 g/mol. The second-order valence-electron chi connectivity index (χ2n) is 14.3. The molecule has 2 aromatic heterocycles. The largest absolute Gasteiger partial charge is 0.455 e. The standard InChI is InChI=1S/C38H52FN7O5/c1-6-46-32(16-17-40-46)33(47)23-29(26-10-8-7-9-11-26)36(48)41-31-14-12-27(22-30(31)39)25(2)35(38(50)45-20-18-44(5)19-21-45)42-37(49)34-15-13-28(51-34)24-43(3)4/h12-17,22,25-26,29,35H,6-11,18-21,23-24H2,1-5H3,(H,41,48)(H,42,49)/t25-,29-,35+/m0/s1. The molecule has 0 bridgehead atoms. The molecule has 51 heavy (non-hydrogen) atoms. The summed E-state index contributed by atoms with van der Waals surface area (Å²) in [6, 6.07) is 8.45. The van der Waals surface area contributed by atoms with E-state index in [1.165, 1.54) is 12.1 Å². The second-order valence-corrected chi connectivity index (χ2v) is 14.3. The Hall–Kier alpha value is -4.36. The van der Waals surface area contributed by atoms with E-state index in [4.69, 9.17) is 4.42 Å². The lowest BCUT2D eigenvalue weighted by atomic mass is 9.77. The number of amides is 3. The van der Waals surface area contributed by atoms with Gasteiger partial charge in [0, 0.05) is 57.2 Å². The molecule has 1 saturated carbocycles. The zero-order valence-corrected chi connectivity index (χ0v) is 30.5. The predicted octanol–water partition coefficient (Wildman–Crippen LogP) is 4.78. The number of carbonyl (C=O) groups excluding carboxylic acids is 4. The molecule has 1 aliphatic carbocycles. The first-order chi connectivity index (χ1) is 24.4. The van der Waals surface area contributed by atoms with Gasteiger partial charge in [0.05, 0.1) is 12.2 Å². The van der Waals surface area contributed by atoms with Gasteiger partial charge in [0.1, 0.15) is 23.3 Å². The number of likely N-dealkylation sites (N-methyl/N-ethyl adjacent to an activating group) is 1. The smallest absolute Gasteiger partial charge is 0.287 e. The Kier molecular flexibility index (Phi) is 12.8. The summed E-state index contributed by atoms with van der Waals surface area (Å²) in [7, 11) is 5.78. The number of rotatable bonds is 14. The van der Waals surface area contributed by atoms with Gasteiger partial charge < -0.3 is 29.8 Å². The summed E-state index contributed by atoms with van der Waals surface area (Å²) < 4.78 is 23.2. The molecular formula is C38H52FN7O5. The number of anilines is 1. The van der Waals surface area contributed by atoms with Gasteiger partial charge in [0.25, 0.3) is 5.91 Å². The van der Waals surface area contributed by atoms with E-state index in [9.17, 15) is 19.2 Å². The number of piperazine rings is 1. The monoisotopic (exact) mass is 705 g/mol. The van der Waals surface area contributed by atoms with Crippen LogP contribution in [0.4, 0.5) is 10.1 Å². The third-order valence-corrected chi connectivity index (χ3v) is 10.3. The van der Waals surface area contributed by atoms with Crippen molar-refractivity contribution in [1.82, 2.24) is 29.8 Å². The number of hydrogen-bond acceptors (Lipinski definition) is 8. The molecule has 1 aliphatic heterocycles. The summed E-state index contributed by atoms with van der Waals surface area (Å²) in [5.41, 5.74) is 0.945. The summed E-state index contributed by atoms with van der Waals surface area (Å²) in [6.07, 6.45) is 6.32. The van der Waals surface area contributed by atoms with Crippen LogP contribution in [0, 0.1) is 17.7 Å².